The smallest absolute Gasteiger partial charge is 0.322 e. The standard InChI is InChI=1S/C12H12F2N2O3/c13-8-1-2-9(14)7(3-8)5-16-6-11(17)15-4-10(16)12(18)19/h1-3,10H,4-6H2,(H,15,17)(H,18,19). The van der Waals surface area contributed by atoms with E-state index in [1.165, 1.54) is 4.90 Å². The molecule has 1 fully saturated rings. The largest absolute Gasteiger partial charge is 0.480 e. The fraction of sp³-hybridized carbons (Fsp3) is 0.333. The van der Waals surface area contributed by atoms with Gasteiger partial charge >= 0.3 is 5.97 Å². The van der Waals surface area contributed by atoms with Crippen molar-refractivity contribution in [1.82, 2.24) is 10.2 Å². The highest BCUT2D eigenvalue weighted by Gasteiger charge is 2.32. The molecular weight excluding hydrogens is 258 g/mol. The Morgan fingerprint density at radius 2 is 2.21 bits per heavy atom. The van der Waals surface area contributed by atoms with E-state index in [4.69, 9.17) is 5.11 Å². The second-order valence-corrected chi connectivity index (χ2v) is 4.30. The zero-order valence-electron chi connectivity index (χ0n) is 9.90. The third-order valence-corrected chi connectivity index (χ3v) is 2.95. The molecule has 1 heterocycles. The predicted octanol–water partition coefficient (Wildman–Crippen LogP) is 0.350. The molecule has 0 radical (unpaired) electrons. The van der Waals surface area contributed by atoms with E-state index in [2.05, 4.69) is 5.32 Å². The van der Waals surface area contributed by atoms with Gasteiger partial charge in [-0.15, -0.1) is 0 Å². The molecule has 1 amide bonds. The van der Waals surface area contributed by atoms with Gasteiger partial charge in [0.2, 0.25) is 5.91 Å². The van der Waals surface area contributed by atoms with Crippen LogP contribution in [0.5, 0.6) is 0 Å². The number of nitrogens with zero attached hydrogens (tertiary/aromatic N) is 1. The first kappa shape index (κ1) is 13.4. The maximum Gasteiger partial charge on any atom is 0.322 e. The van der Waals surface area contributed by atoms with Gasteiger partial charge in [0.25, 0.3) is 0 Å². The number of nitrogens with one attached hydrogen (secondary N) is 1. The highest BCUT2D eigenvalue weighted by atomic mass is 19.1. The summed E-state index contributed by atoms with van der Waals surface area (Å²) in [6, 6.07) is 2.02. The van der Waals surface area contributed by atoms with Crippen molar-refractivity contribution in [2.75, 3.05) is 13.1 Å². The van der Waals surface area contributed by atoms with Gasteiger partial charge in [0, 0.05) is 18.7 Å². The number of hydrogen-bond donors (Lipinski definition) is 2. The van der Waals surface area contributed by atoms with E-state index in [-0.39, 0.29) is 31.1 Å². The summed E-state index contributed by atoms with van der Waals surface area (Å²) in [7, 11) is 0. The number of carbonyl (C=O) groups excluding carboxylic acids is 1. The molecule has 2 rings (SSSR count). The number of carbonyl (C=O) groups is 2. The minimum atomic E-state index is -1.11. The van der Waals surface area contributed by atoms with Crippen molar-refractivity contribution in [3.8, 4) is 0 Å². The maximum atomic E-state index is 13.5. The van der Waals surface area contributed by atoms with Crippen LogP contribution in [-0.4, -0.2) is 41.0 Å². The third-order valence-electron chi connectivity index (χ3n) is 2.95. The van der Waals surface area contributed by atoms with E-state index in [0.29, 0.717) is 0 Å². The molecule has 1 saturated heterocycles. The Kier molecular flexibility index (Phi) is 3.75. The molecule has 7 heteroatoms. The van der Waals surface area contributed by atoms with Crippen LogP contribution >= 0.6 is 0 Å². The van der Waals surface area contributed by atoms with Crippen LogP contribution < -0.4 is 5.32 Å². The Morgan fingerprint density at radius 3 is 2.89 bits per heavy atom. The quantitative estimate of drug-likeness (QED) is 0.831. The lowest BCUT2D eigenvalue weighted by atomic mass is 10.1. The Balaban J connectivity index is 2.20. The molecule has 19 heavy (non-hydrogen) atoms. The van der Waals surface area contributed by atoms with Gasteiger partial charge in [-0.05, 0) is 18.2 Å². The van der Waals surface area contributed by atoms with Gasteiger partial charge in [-0.2, -0.15) is 0 Å². The molecule has 0 saturated carbocycles. The Hall–Kier alpha value is -2.02. The number of rotatable bonds is 3. The van der Waals surface area contributed by atoms with Crippen LogP contribution in [0.15, 0.2) is 18.2 Å². The van der Waals surface area contributed by atoms with E-state index in [9.17, 15) is 18.4 Å². The summed E-state index contributed by atoms with van der Waals surface area (Å²) >= 11 is 0. The summed E-state index contributed by atoms with van der Waals surface area (Å²) in [6.07, 6.45) is 0. The van der Waals surface area contributed by atoms with Crippen LogP contribution in [-0.2, 0) is 16.1 Å². The molecule has 1 aromatic carbocycles. The van der Waals surface area contributed by atoms with Gasteiger partial charge in [0.15, 0.2) is 0 Å². The molecule has 0 aromatic heterocycles. The molecule has 1 aromatic rings. The number of halogens is 2. The molecule has 102 valence electrons. The summed E-state index contributed by atoms with van der Waals surface area (Å²) in [5, 5.41) is 11.5. The van der Waals surface area contributed by atoms with Gasteiger partial charge in [0.05, 0.1) is 6.54 Å². The molecule has 0 aliphatic carbocycles. The zero-order chi connectivity index (χ0) is 14.0. The van der Waals surface area contributed by atoms with Crippen LogP contribution in [0.1, 0.15) is 5.56 Å². The van der Waals surface area contributed by atoms with Crippen molar-refractivity contribution in [2.24, 2.45) is 0 Å². The average molecular weight is 270 g/mol. The van der Waals surface area contributed by atoms with Gasteiger partial charge in [-0.1, -0.05) is 0 Å². The second-order valence-electron chi connectivity index (χ2n) is 4.30. The molecule has 0 bridgehead atoms. The van der Waals surface area contributed by atoms with Crippen molar-refractivity contribution >= 4 is 11.9 Å². The molecule has 1 unspecified atom stereocenters. The molecule has 1 aliphatic rings. The lowest BCUT2D eigenvalue weighted by Gasteiger charge is -2.32. The highest BCUT2D eigenvalue weighted by Crippen LogP contribution is 2.15. The number of aliphatic carboxylic acids is 1. The van der Waals surface area contributed by atoms with Crippen LogP contribution in [0.25, 0.3) is 0 Å². The fourth-order valence-corrected chi connectivity index (χ4v) is 1.98. The minimum Gasteiger partial charge on any atom is -0.480 e. The van der Waals surface area contributed by atoms with E-state index >= 15 is 0 Å². The highest BCUT2D eigenvalue weighted by molar-refractivity contribution is 5.83. The third kappa shape index (κ3) is 3.05. The predicted molar refractivity (Wildman–Crippen MR) is 61.2 cm³/mol. The lowest BCUT2D eigenvalue weighted by Crippen LogP contribution is -2.57. The SMILES string of the molecule is O=C1CN(Cc2cc(F)ccc2F)C(C(=O)O)CN1. The van der Waals surface area contributed by atoms with Crippen molar-refractivity contribution < 1.29 is 23.5 Å². The van der Waals surface area contributed by atoms with Gasteiger partial charge in [-0.25, -0.2) is 8.78 Å². The molecule has 1 aliphatic heterocycles. The van der Waals surface area contributed by atoms with Crippen LogP contribution in [0, 0.1) is 11.6 Å². The molecular formula is C12H12F2N2O3. The van der Waals surface area contributed by atoms with Crippen molar-refractivity contribution in [2.45, 2.75) is 12.6 Å². The minimum absolute atomic E-state index is 0.0287. The number of carboxylic acid groups (broad SMARTS) is 1. The topological polar surface area (TPSA) is 69.6 Å². The summed E-state index contributed by atoms with van der Waals surface area (Å²) in [4.78, 5) is 23.6. The van der Waals surface area contributed by atoms with Crippen LogP contribution in [0.2, 0.25) is 0 Å². The Morgan fingerprint density at radius 1 is 1.47 bits per heavy atom. The fourth-order valence-electron chi connectivity index (χ4n) is 1.98. The van der Waals surface area contributed by atoms with E-state index in [0.717, 1.165) is 18.2 Å². The normalized spacial score (nSPS) is 20.1. The van der Waals surface area contributed by atoms with Crippen molar-refractivity contribution in [1.29, 1.82) is 0 Å². The van der Waals surface area contributed by atoms with Crippen molar-refractivity contribution in [3.05, 3.63) is 35.4 Å². The Bertz CT molecular complexity index is 522. The zero-order valence-corrected chi connectivity index (χ0v) is 9.90. The first-order valence-corrected chi connectivity index (χ1v) is 5.65. The Labute approximate surface area is 107 Å². The monoisotopic (exact) mass is 270 g/mol. The first-order chi connectivity index (χ1) is 8.97. The number of carboxylic acids is 1. The van der Waals surface area contributed by atoms with E-state index < -0.39 is 23.6 Å². The number of piperazine rings is 1. The van der Waals surface area contributed by atoms with E-state index in [1.807, 2.05) is 0 Å². The summed E-state index contributed by atoms with van der Waals surface area (Å²) in [5.41, 5.74) is 0.0287. The molecule has 2 N–H and O–H groups in total. The molecule has 0 spiro atoms. The molecule has 5 nitrogen and oxygen atoms in total. The maximum absolute atomic E-state index is 13.5. The number of hydrogen-bond acceptors (Lipinski definition) is 3. The van der Waals surface area contributed by atoms with Gasteiger partial charge in [-0.3, -0.25) is 14.5 Å². The average Bonchev–Trinajstić information content (AvgIpc) is 2.33. The van der Waals surface area contributed by atoms with Gasteiger partial charge < -0.3 is 10.4 Å². The van der Waals surface area contributed by atoms with E-state index in [1.54, 1.807) is 0 Å². The first-order valence-electron chi connectivity index (χ1n) is 5.65. The lowest BCUT2D eigenvalue weighted by molar-refractivity contribution is -0.146. The molecule has 1 atom stereocenters. The van der Waals surface area contributed by atoms with Gasteiger partial charge in [0.1, 0.15) is 17.7 Å². The van der Waals surface area contributed by atoms with Crippen LogP contribution in [0.4, 0.5) is 8.78 Å². The van der Waals surface area contributed by atoms with Crippen LogP contribution in [0.3, 0.4) is 0 Å². The second kappa shape index (κ2) is 5.31. The van der Waals surface area contributed by atoms with Crippen molar-refractivity contribution in [3.63, 3.8) is 0 Å². The number of benzene rings is 1. The summed E-state index contributed by atoms with van der Waals surface area (Å²) < 4.78 is 26.6. The summed E-state index contributed by atoms with van der Waals surface area (Å²) in [5.74, 6) is -2.69. The number of amides is 1. The summed E-state index contributed by atoms with van der Waals surface area (Å²) in [6.45, 7) is -0.341.